The van der Waals surface area contributed by atoms with Crippen LogP contribution in [0.15, 0.2) is 30.6 Å². The summed E-state index contributed by atoms with van der Waals surface area (Å²) in [6, 6.07) is 7.94. The number of imidazole rings is 1. The molecule has 0 bridgehead atoms. The number of fused-ring (bicyclic) bond motifs is 1. The highest BCUT2D eigenvalue weighted by Crippen LogP contribution is 2.05. The van der Waals surface area contributed by atoms with Crippen LogP contribution in [0.1, 0.15) is 0 Å². The lowest BCUT2D eigenvalue weighted by Gasteiger charge is -1.81. The minimum atomic E-state index is 0.500. The van der Waals surface area contributed by atoms with Crippen LogP contribution < -0.4 is 0 Å². The summed E-state index contributed by atoms with van der Waals surface area (Å²) in [6.45, 7) is 2.06. The average molecular weight is 192 g/mol. The Morgan fingerprint density at radius 2 is 1.93 bits per heavy atom. The molecule has 1 fully saturated rings. The first kappa shape index (κ1) is 9.18. The summed E-state index contributed by atoms with van der Waals surface area (Å²) < 4.78 is 9.44. The monoisotopic (exact) mass is 192 g/mol. The number of H-pyrrole nitrogens is 1. The SMILES string of the molecule is C1COCO1.c1ccc2[nH]cnc2c1. The van der Waals surface area contributed by atoms with Gasteiger partial charge in [0.2, 0.25) is 0 Å². The molecule has 1 saturated heterocycles. The van der Waals surface area contributed by atoms with E-state index in [1.165, 1.54) is 0 Å². The van der Waals surface area contributed by atoms with E-state index < -0.39 is 0 Å². The Morgan fingerprint density at radius 3 is 2.57 bits per heavy atom. The van der Waals surface area contributed by atoms with E-state index in [9.17, 15) is 0 Å². The van der Waals surface area contributed by atoms with Crippen LogP contribution >= 0.6 is 0 Å². The first-order chi connectivity index (χ1) is 6.97. The molecule has 4 heteroatoms. The molecule has 0 saturated carbocycles. The Hall–Kier alpha value is -1.39. The molecule has 0 unspecified atom stereocenters. The Labute approximate surface area is 81.9 Å². The molecule has 14 heavy (non-hydrogen) atoms. The van der Waals surface area contributed by atoms with Crippen molar-refractivity contribution in [2.24, 2.45) is 0 Å². The van der Waals surface area contributed by atoms with E-state index in [2.05, 4.69) is 9.97 Å². The van der Waals surface area contributed by atoms with Crippen LogP contribution in [0, 0.1) is 0 Å². The molecule has 2 aromatic rings. The molecule has 0 radical (unpaired) electrons. The number of aromatic amines is 1. The van der Waals surface area contributed by atoms with Crippen molar-refractivity contribution in [2.75, 3.05) is 20.0 Å². The number of ether oxygens (including phenoxy) is 2. The Balaban J connectivity index is 0.000000128. The molecule has 1 aromatic carbocycles. The van der Waals surface area contributed by atoms with Crippen molar-refractivity contribution < 1.29 is 9.47 Å². The quantitative estimate of drug-likeness (QED) is 0.689. The molecular formula is C10H12N2O2. The van der Waals surface area contributed by atoms with Gasteiger partial charge in [0.05, 0.1) is 30.6 Å². The summed E-state index contributed by atoms with van der Waals surface area (Å²) in [5.41, 5.74) is 2.12. The van der Waals surface area contributed by atoms with E-state index in [4.69, 9.17) is 9.47 Å². The first-order valence-corrected chi connectivity index (χ1v) is 4.50. The van der Waals surface area contributed by atoms with Crippen molar-refractivity contribution in [1.82, 2.24) is 9.97 Å². The highest BCUT2D eigenvalue weighted by Gasteiger charge is 1.93. The number of hydrogen-bond donors (Lipinski definition) is 1. The van der Waals surface area contributed by atoms with Crippen molar-refractivity contribution in [1.29, 1.82) is 0 Å². The van der Waals surface area contributed by atoms with Gasteiger partial charge in [-0.15, -0.1) is 0 Å². The van der Waals surface area contributed by atoms with Gasteiger partial charge in [0.1, 0.15) is 6.79 Å². The molecule has 1 N–H and O–H groups in total. The van der Waals surface area contributed by atoms with Gasteiger partial charge in [-0.05, 0) is 12.1 Å². The second-order valence-electron chi connectivity index (χ2n) is 2.85. The third-order valence-corrected chi connectivity index (χ3v) is 1.87. The zero-order valence-electron chi connectivity index (χ0n) is 7.77. The second-order valence-corrected chi connectivity index (χ2v) is 2.85. The minimum Gasteiger partial charge on any atom is -0.353 e. The third kappa shape index (κ3) is 2.31. The lowest BCUT2D eigenvalue weighted by Crippen LogP contribution is -1.79. The standard InChI is InChI=1S/C7H6N2.C3H6O2/c1-2-4-7-6(3-1)8-5-9-7;1-2-5-3-4-1/h1-5H,(H,8,9);1-3H2. The number of aromatic nitrogens is 2. The van der Waals surface area contributed by atoms with Gasteiger partial charge in [0, 0.05) is 0 Å². The molecule has 1 aliphatic rings. The maximum atomic E-state index is 4.72. The van der Waals surface area contributed by atoms with E-state index in [1.54, 1.807) is 6.33 Å². The number of para-hydroxylation sites is 2. The summed E-state index contributed by atoms with van der Waals surface area (Å²) >= 11 is 0. The highest BCUT2D eigenvalue weighted by atomic mass is 16.7. The van der Waals surface area contributed by atoms with Crippen molar-refractivity contribution in [3.05, 3.63) is 30.6 Å². The molecular weight excluding hydrogens is 180 g/mol. The second kappa shape index (κ2) is 4.74. The van der Waals surface area contributed by atoms with E-state index in [0.29, 0.717) is 6.79 Å². The molecule has 0 atom stereocenters. The fourth-order valence-electron chi connectivity index (χ4n) is 1.17. The van der Waals surface area contributed by atoms with Crippen molar-refractivity contribution in [2.45, 2.75) is 0 Å². The summed E-state index contributed by atoms with van der Waals surface area (Å²) in [5, 5.41) is 0. The minimum absolute atomic E-state index is 0.500. The normalized spacial score (nSPS) is 15.1. The zero-order chi connectivity index (χ0) is 9.64. The maximum absolute atomic E-state index is 4.72. The fourth-order valence-corrected chi connectivity index (χ4v) is 1.17. The van der Waals surface area contributed by atoms with Crippen LogP contribution in [-0.2, 0) is 9.47 Å². The molecule has 0 amide bonds. The van der Waals surface area contributed by atoms with E-state index >= 15 is 0 Å². The summed E-state index contributed by atoms with van der Waals surface area (Å²) in [6.07, 6.45) is 1.70. The van der Waals surface area contributed by atoms with Crippen molar-refractivity contribution in [3.63, 3.8) is 0 Å². The summed E-state index contributed by atoms with van der Waals surface area (Å²) in [7, 11) is 0. The number of benzene rings is 1. The number of rotatable bonds is 0. The van der Waals surface area contributed by atoms with Crippen LogP contribution in [0.2, 0.25) is 0 Å². The van der Waals surface area contributed by atoms with Crippen molar-refractivity contribution >= 4 is 11.0 Å². The Morgan fingerprint density at radius 1 is 1.14 bits per heavy atom. The van der Waals surface area contributed by atoms with Crippen LogP contribution in [-0.4, -0.2) is 30.0 Å². The lowest BCUT2D eigenvalue weighted by molar-refractivity contribution is 0.0692. The van der Waals surface area contributed by atoms with E-state index in [1.807, 2.05) is 24.3 Å². The molecule has 1 aromatic heterocycles. The van der Waals surface area contributed by atoms with Crippen LogP contribution in [0.25, 0.3) is 11.0 Å². The smallest absolute Gasteiger partial charge is 0.146 e. The number of nitrogens with one attached hydrogen (secondary N) is 1. The van der Waals surface area contributed by atoms with Gasteiger partial charge in [-0.25, -0.2) is 4.98 Å². The van der Waals surface area contributed by atoms with Crippen LogP contribution in [0.5, 0.6) is 0 Å². The number of nitrogens with zero attached hydrogens (tertiary/aromatic N) is 1. The molecule has 1 aliphatic heterocycles. The van der Waals surface area contributed by atoms with Gasteiger partial charge < -0.3 is 14.5 Å². The largest absolute Gasteiger partial charge is 0.353 e. The molecule has 0 spiro atoms. The van der Waals surface area contributed by atoms with Gasteiger partial charge in [0.15, 0.2) is 0 Å². The first-order valence-electron chi connectivity index (χ1n) is 4.50. The molecule has 0 aliphatic carbocycles. The van der Waals surface area contributed by atoms with Crippen molar-refractivity contribution in [3.8, 4) is 0 Å². The van der Waals surface area contributed by atoms with Gasteiger partial charge in [-0.2, -0.15) is 0 Å². The Bertz CT molecular complexity index is 344. The van der Waals surface area contributed by atoms with Gasteiger partial charge in [-0.1, -0.05) is 12.1 Å². The lowest BCUT2D eigenvalue weighted by atomic mass is 10.3. The maximum Gasteiger partial charge on any atom is 0.146 e. The fraction of sp³-hybridized carbons (Fsp3) is 0.300. The molecule has 74 valence electrons. The van der Waals surface area contributed by atoms with Crippen LogP contribution in [0.4, 0.5) is 0 Å². The topological polar surface area (TPSA) is 47.1 Å². The predicted octanol–water partition coefficient (Wildman–Crippen LogP) is 1.55. The summed E-state index contributed by atoms with van der Waals surface area (Å²) in [4.78, 5) is 7.07. The molecule has 3 rings (SSSR count). The summed E-state index contributed by atoms with van der Waals surface area (Å²) in [5.74, 6) is 0. The van der Waals surface area contributed by atoms with Gasteiger partial charge >= 0.3 is 0 Å². The zero-order valence-corrected chi connectivity index (χ0v) is 7.77. The molecule has 4 nitrogen and oxygen atoms in total. The predicted molar refractivity (Wildman–Crippen MR) is 52.9 cm³/mol. The van der Waals surface area contributed by atoms with Crippen LogP contribution in [0.3, 0.4) is 0 Å². The molecule has 2 heterocycles. The van der Waals surface area contributed by atoms with Gasteiger partial charge in [-0.3, -0.25) is 0 Å². The van der Waals surface area contributed by atoms with E-state index in [0.717, 1.165) is 24.2 Å². The Kier molecular flexibility index (Phi) is 3.10. The third-order valence-electron chi connectivity index (χ3n) is 1.87. The number of hydrogen-bond acceptors (Lipinski definition) is 3. The average Bonchev–Trinajstić information content (AvgIpc) is 2.92. The van der Waals surface area contributed by atoms with Gasteiger partial charge in [0.25, 0.3) is 0 Å². The highest BCUT2D eigenvalue weighted by molar-refractivity contribution is 5.73. The van der Waals surface area contributed by atoms with E-state index in [-0.39, 0.29) is 0 Å².